The summed E-state index contributed by atoms with van der Waals surface area (Å²) in [6.45, 7) is -0.252. The van der Waals surface area contributed by atoms with E-state index in [2.05, 4.69) is 0 Å². The third-order valence-electron chi connectivity index (χ3n) is 4.03. The van der Waals surface area contributed by atoms with Gasteiger partial charge in [0.15, 0.2) is 5.78 Å². The van der Waals surface area contributed by atoms with Crippen LogP contribution in [0.2, 0.25) is 0 Å². The first-order valence-electron chi connectivity index (χ1n) is 6.53. The Morgan fingerprint density at radius 1 is 1.14 bits per heavy atom. The van der Waals surface area contributed by atoms with Crippen molar-refractivity contribution in [1.82, 2.24) is 4.90 Å². The normalized spacial score (nSPS) is 21.4. The second kappa shape index (κ2) is 5.50. The fourth-order valence-corrected chi connectivity index (χ4v) is 2.89. The van der Waals surface area contributed by atoms with Crippen LogP contribution < -0.4 is 4.74 Å². The SMILES string of the molecule is Cl.O=C1CC2(CCN(C(F)(F)F)CC2)Oc2ccccc21. The van der Waals surface area contributed by atoms with Gasteiger partial charge in [0.25, 0.3) is 0 Å². The van der Waals surface area contributed by atoms with Crippen molar-refractivity contribution in [1.29, 1.82) is 0 Å². The fourth-order valence-electron chi connectivity index (χ4n) is 2.89. The number of likely N-dealkylation sites (tertiary alicyclic amines) is 1. The van der Waals surface area contributed by atoms with Gasteiger partial charge in [-0.3, -0.25) is 4.79 Å². The zero-order valence-corrected chi connectivity index (χ0v) is 12.0. The molecule has 3 nitrogen and oxygen atoms in total. The van der Waals surface area contributed by atoms with Crippen molar-refractivity contribution in [3.8, 4) is 5.75 Å². The van der Waals surface area contributed by atoms with Crippen LogP contribution in [0.15, 0.2) is 24.3 Å². The molecule has 3 rings (SSSR count). The molecule has 116 valence electrons. The minimum Gasteiger partial charge on any atom is -0.486 e. The molecule has 0 bridgehead atoms. The Balaban J connectivity index is 0.00000161. The smallest absolute Gasteiger partial charge is 0.459 e. The van der Waals surface area contributed by atoms with E-state index in [0.717, 1.165) is 0 Å². The molecule has 1 spiro atoms. The van der Waals surface area contributed by atoms with Crippen molar-refractivity contribution in [3.05, 3.63) is 29.8 Å². The molecule has 0 unspecified atom stereocenters. The zero-order chi connectivity index (χ0) is 14.4. The lowest BCUT2D eigenvalue weighted by Gasteiger charge is -2.44. The highest BCUT2D eigenvalue weighted by Gasteiger charge is 2.47. The van der Waals surface area contributed by atoms with E-state index in [9.17, 15) is 18.0 Å². The van der Waals surface area contributed by atoms with E-state index in [0.29, 0.717) is 16.2 Å². The Kier molecular flexibility index (Phi) is 4.22. The maximum Gasteiger partial charge on any atom is 0.459 e. The molecule has 1 aromatic carbocycles. The van der Waals surface area contributed by atoms with Crippen LogP contribution in [0.3, 0.4) is 0 Å². The van der Waals surface area contributed by atoms with Crippen molar-refractivity contribution in [2.24, 2.45) is 0 Å². The Morgan fingerprint density at radius 3 is 2.38 bits per heavy atom. The number of halogens is 4. The highest BCUT2D eigenvalue weighted by molar-refractivity contribution is 6.00. The van der Waals surface area contributed by atoms with E-state index >= 15 is 0 Å². The van der Waals surface area contributed by atoms with Crippen LogP contribution in [0.1, 0.15) is 29.6 Å². The molecule has 7 heteroatoms. The summed E-state index contributed by atoms with van der Waals surface area (Å²) in [6.07, 6.45) is -3.72. The number of piperidine rings is 1. The predicted octanol–water partition coefficient (Wildman–Crippen LogP) is 3.43. The quantitative estimate of drug-likeness (QED) is 0.686. The molecule has 0 amide bonds. The molecule has 0 atom stereocenters. The van der Waals surface area contributed by atoms with E-state index in [1.54, 1.807) is 24.3 Å². The number of Topliss-reactive ketones (excluding diaryl/α,β-unsaturated/α-hetero) is 1. The molecule has 0 radical (unpaired) electrons. The minimum absolute atomic E-state index is 0. The van der Waals surface area contributed by atoms with Gasteiger partial charge in [0, 0.05) is 25.9 Å². The third-order valence-corrected chi connectivity index (χ3v) is 4.03. The third kappa shape index (κ3) is 3.01. The molecule has 1 saturated heterocycles. The number of carbonyl (C=O) groups is 1. The average molecular weight is 322 g/mol. The summed E-state index contributed by atoms with van der Waals surface area (Å²) in [6, 6.07) is 6.90. The summed E-state index contributed by atoms with van der Waals surface area (Å²) in [5.41, 5.74) is -0.246. The Morgan fingerprint density at radius 2 is 1.76 bits per heavy atom. The molecule has 0 saturated carbocycles. The molecule has 1 aromatic rings. The van der Waals surface area contributed by atoms with Crippen LogP contribution in [0.5, 0.6) is 5.75 Å². The van der Waals surface area contributed by atoms with Crippen LogP contribution in [-0.2, 0) is 0 Å². The highest BCUT2D eigenvalue weighted by Crippen LogP contribution is 2.40. The van der Waals surface area contributed by atoms with Crippen molar-refractivity contribution in [3.63, 3.8) is 0 Å². The summed E-state index contributed by atoms with van der Waals surface area (Å²) >= 11 is 0. The van der Waals surface area contributed by atoms with Gasteiger partial charge in [-0.25, -0.2) is 4.90 Å². The summed E-state index contributed by atoms with van der Waals surface area (Å²) in [5, 5.41) is 0. The Bertz CT molecular complexity index is 539. The molecule has 2 heterocycles. The number of hydrogen-bond acceptors (Lipinski definition) is 3. The first-order valence-corrected chi connectivity index (χ1v) is 6.53. The van der Waals surface area contributed by atoms with Gasteiger partial charge in [-0.2, -0.15) is 13.2 Å². The lowest BCUT2D eigenvalue weighted by atomic mass is 9.82. The number of rotatable bonds is 0. The molecule has 21 heavy (non-hydrogen) atoms. The maximum atomic E-state index is 12.6. The first kappa shape index (κ1) is 16.1. The maximum absolute atomic E-state index is 12.6. The molecule has 0 N–H and O–H groups in total. The summed E-state index contributed by atoms with van der Waals surface area (Å²) in [7, 11) is 0. The molecule has 2 aliphatic heterocycles. The van der Waals surface area contributed by atoms with Gasteiger partial charge >= 0.3 is 6.30 Å². The largest absolute Gasteiger partial charge is 0.486 e. The topological polar surface area (TPSA) is 29.5 Å². The van der Waals surface area contributed by atoms with E-state index in [-0.39, 0.29) is 50.5 Å². The van der Waals surface area contributed by atoms with Crippen LogP contribution >= 0.6 is 12.4 Å². The van der Waals surface area contributed by atoms with E-state index in [1.165, 1.54) is 0 Å². The predicted molar refractivity (Wildman–Crippen MR) is 72.9 cm³/mol. The van der Waals surface area contributed by atoms with E-state index < -0.39 is 11.9 Å². The molecular weight excluding hydrogens is 307 g/mol. The zero-order valence-electron chi connectivity index (χ0n) is 11.2. The summed E-state index contributed by atoms with van der Waals surface area (Å²) < 4.78 is 43.8. The summed E-state index contributed by atoms with van der Waals surface area (Å²) in [4.78, 5) is 12.6. The fraction of sp³-hybridized carbons (Fsp3) is 0.500. The van der Waals surface area contributed by atoms with Gasteiger partial charge < -0.3 is 4.74 Å². The Hall–Kier alpha value is -1.27. The Labute approximate surface area is 126 Å². The highest BCUT2D eigenvalue weighted by atomic mass is 35.5. The number of hydrogen-bond donors (Lipinski definition) is 0. The summed E-state index contributed by atoms with van der Waals surface area (Å²) in [5.74, 6) is 0.441. The van der Waals surface area contributed by atoms with Gasteiger partial charge in [0.05, 0.1) is 12.0 Å². The standard InChI is InChI=1S/C14H14F3NO2.ClH/c15-14(16,17)18-7-5-13(6-8-18)9-11(19)10-3-1-2-4-12(10)20-13;/h1-4H,5-9H2;1H. The number of ketones is 1. The number of nitrogens with zero attached hydrogens (tertiary/aromatic N) is 1. The van der Waals surface area contributed by atoms with E-state index in [4.69, 9.17) is 4.74 Å². The van der Waals surface area contributed by atoms with Crippen molar-refractivity contribution < 1.29 is 22.7 Å². The molecule has 1 fully saturated rings. The first-order chi connectivity index (χ1) is 9.40. The van der Waals surface area contributed by atoms with Crippen molar-refractivity contribution in [2.45, 2.75) is 31.2 Å². The monoisotopic (exact) mass is 321 g/mol. The van der Waals surface area contributed by atoms with Gasteiger partial charge in [-0.15, -0.1) is 12.4 Å². The molecule has 0 aromatic heterocycles. The number of alkyl halides is 3. The van der Waals surface area contributed by atoms with Gasteiger partial charge in [0.1, 0.15) is 11.4 Å². The van der Waals surface area contributed by atoms with Gasteiger partial charge in [0.2, 0.25) is 0 Å². The number of carbonyl (C=O) groups excluding carboxylic acids is 1. The average Bonchev–Trinajstić information content (AvgIpc) is 2.38. The molecular formula is C14H15ClF3NO2. The second-order valence-electron chi connectivity index (χ2n) is 5.34. The van der Waals surface area contributed by atoms with Gasteiger partial charge in [-0.1, -0.05) is 12.1 Å². The number of ether oxygens (including phenoxy) is 1. The van der Waals surface area contributed by atoms with Crippen molar-refractivity contribution >= 4 is 18.2 Å². The van der Waals surface area contributed by atoms with Crippen LogP contribution in [0, 0.1) is 0 Å². The van der Waals surface area contributed by atoms with Crippen LogP contribution in [-0.4, -0.2) is 35.7 Å². The van der Waals surface area contributed by atoms with Crippen LogP contribution in [0.25, 0.3) is 0 Å². The second-order valence-corrected chi connectivity index (χ2v) is 5.34. The van der Waals surface area contributed by atoms with Gasteiger partial charge in [-0.05, 0) is 12.1 Å². The number of benzene rings is 1. The number of para-hydroxylation sites is 1. The molecule has 2 aliphatic rings. The lowest BCUT2D eigenvalue weighted by Crippen LogP contribution is -2.54. The molecule has 0 aliphatic carbocycles. The van der Waals surface area contributed by atoms with E-state index in [1.807, 2.05) is 0 Å². The van der Waals surface area contributed by atoms with Crippen LogP contribution in [0.4, 0.5) is 13.2 Å². The lowest BCUT2D eigenvalue weighted by molar-refractivity contribution is -0.256. The number of fused-ring (bicyclic) bond motifs is 1. The van der Waals surface area contributed by atoms with Crippen molar-refractivity contribution in [2.75, 3.05) is 13.1 Å². The minimum atomic E-state index is -4.31.